The SMILES string of the molecule is CCCCCCCCCC1=C(c2cccc(CCCCC)c2)[N+](=[N-])C(c2cccc(CCCCC)c2)=C1.[CH3-].[CH3-].[Ni+2]. The molecule has 2 nitrogen and oxygen atoms in total. The van der Waals surface area contributed by atoms with E-state index in [1.165, 1.54) is 105 Å². The van der Waals surface area contributed by atoms with E-state index >= 15 is 0 Å². The number of hydrogen-bond acceptors (Lipinski definition) is 0. The number of nitrogens with zero attached hydrogens (tertiary/aromatic N) is 2. The number of unbranched alkanes of at least 4 members (excludes halogenated alkanes) is 10. The van der Waals surface area contributed by atoms with Crippen LogP contribution in [0.15, 0.2) is 60.2 Å². The molecule has 2 aromatic rings. The molecule has 0 N–H and O–H groups in total. The van der Waals surface area contributed by atoms with Gasteiger partial charge in [0.05, 0.1) is 0 Å². The molecule has 224 valence electrons. The van der Waals surface area contributed by atoms with Crippen LogP contribution in [-0.2, 0) is 29.3 Å². The first-order chi connectivity index (χ1) is 18.2. The van der Waals surface area contributed by atoms with Gasteiger partial charge in [0.1, 0.15) is 0 Å². The van der Waals surface area contributed by atoms with Crippen molar-refractivity contribution in [3.05, 3.63) is 103 Å². The Morgan fingerprint density at radius 1 is 0.575 bits per heavy atom. The zero-order valence-corrected chi connectivity index (χ0v) is 27.2. The van der Waals surface area contributed by atoms with Gasteiger partial charge in [0, 0.05) is 22.8 Å². The van der Waals surface area contributed by atoms with Gasteiger partial charge in [-0.05, 0) is 73.9 Å². The average Bonchev–Trinajstić information content (AvgIpc) is 3.24. The molecule has 3 heteroatoms. The van der Waals surface area contributed by atoms with Gasteiger partial charge in [-0.25, -0.2) is 4.70 Å². The number of benzene rings is 2. The van der Waals surface area contributed by atoms with E-state index in [0.29, 0.717) is 0 Å². The number of hydrogen-bond donors (Lipinski definition) is 0. The van der Waals surface area contributed by atoms with Crippen molar-refractivity contribution in [1.29, 1.82) is 0 Å². The largest absolute Gasteiger partial charge is 2.00 e. The zero-order valence-electron chi connectivity index (χ0n) is 26.2. The minimum Gasteiger partial charge on any atom is -0.493 e. The maximum Gasteiger partial charge on any atom is 2.00 e. The van der Waals surface area contributed by atoms with Crippen molar-refractivity contribution in [2.45, 2.75) is 124 Å². The summed E-state index contributed by atoms with van der Waals surface area (Å²) in [5.74, 6) is 0. The van der Waals surface area contributed by atoms with Crippen LogP contribution in [0.1, 0.15) is 133 Å². The minimum atomic E-state index is 0. The molecule has 1 heterocycles. The molecule has 0 aromatic heterocycles. The molecule has 2 aromatic carbocycles. The maximum atomic E-state index is 11.5. The first-order valence-corrected chi connectivity index (χ1v) is 15.3. The minimum absolute atomic E-state index is 0. The van der Waals surface area contributed by atoms with Gasteiger partial charge in [0.15, 0.2) is 0 Å². The van der Waals surface area contributed by atoms with Crippen LogP contribution in [0, 0.1) is 14.9 Å². The predicted octanol–water partition coefficient (Wildman–Crippen LogP) is 12.0. The number of aryl methyl sites for hydroxylation is 2. The first kappa shape index (κ1) is 38.0. The number of allylic oxidation sites excluding steroid dienone is 2. The maximum absolute atomic E-state index is 11.5. The van der Waals surface area contributed by atoms with Crippen molar-refractivity contribution in [2.75, 3.05) is 0 Å². The van der Waals surface area contributed by atoms with Crippen LogP contribution in [0.4, 0.5) is 0 Å². The fourth-order valence-electron chi connectivity index (χ4n) is 5.45. The van der Waals surface area contributed by atoms with Crippen LogP contribution in [0.5, 0.6) is 0 Å². The summed E-state index contributed by atoms with van der Waals surface area (Å²) in [6.07, 6.45) is 22.0. The fraction of sp³-hybridized carbons (Fsp3) is 0.514. The third-order valence-corrected chi connectivity index (χ3v) is 7.67. The van der Waals surface area contributed by atoms with Gasteiger partial charge in [0.25, 0.3) is 0 Å². The Balaban J connectivity index is 0.00000507. The van der Waals surface area contributed by atoms with Crippen LogP contribution < -0.4 is 0 Å². The molecule has 3 rings (SSSR count). The van der Waals surface area contributed by atoms with Gasteiger partial charge < -0.3 is 20.4 Å². The molecule has 0 saturated carbocycles. The summed E-state index contributed by atoms with van der Waals surface area (Å²) in [6, 6.07) is 17.7. The van der Waals surface area contributed by atoms with Crippen LogP contribution in [0.3, 0.4) is 0 Å². The molecule has 0 radical (unpaired) electrons. The molecule has 0 spiro atoms. The predicted molar refractivity (Wildman–Crippen MR) is 173 cm³/mol. The Kier molecular flexibility index (Phi) is 20.6. The molecule has 1 aliphatic heterocycles. The number of rotatable bonds is 18. The Labute approximate surface area is 258 Å². The van der Waals surface area contributed by atoms with Gasteiger partial charge in [-0.3, -0.25) is 0 Å². The van der Waals surface area contributed by atoms with E-state index in [9.17, 15) is 5.53 Å². The molecular weight excluding hydrogens is 531 g/mol. The molecule has 0 saturated heterocycles. The smallest absolute Gasteiger partial charge is 0.493 e. The van der Waals surface area contributed by atoms with E-state index < -0.39 is 0 Å². The summed E-state index contributed by atoms with van der Waals surface area (Å²) < 4.78 is 1.48. The molecular formula is C37H56N2Ni. The van der Waals surface area contributed by atoms with Crippen molar-refractivity contribution in [2.24, 2.45) is 0 Å². The van der Waals surface area contributed by atoms with E-state index in [4.69, 9.17) is 0 Å². The molecule has 0 fully saturated rings. The molecule has 40 heavy (non-hydrogen) atoms. The second-order valence-corrected chi connectivity index (χ2v) is 10.9. The normalized spacial score (nSPS) is 12.5. The quantitative estimate of drug-likeness (QED) is 0.0718. The van der Waals surface area contributed by atoms with Crippen molar-refractivity contribution in [3.63, 3.8) is 0 Å². The Morgan fingerprint density at radius 3 is 1.60 bits per heavy atom. The molecule has 0 atom stereocenters. The van der Waals surface area contributed by atoms with Crippen LogP contribution in [-0.4, -0.2) is 4.70 Å². The van der Waals surface area contributed by atoms with E-state index in [-0.39, 0.29) is 31.3 Å². The van der Waals surface area contributed by atoms with Crippen molar-refractivity contribution in [1.82, 2.24) is 0 Å². The Morgan fingerprint density at radius 2 is 1.02 bits per heavy atom. The topological polar surface area (TPSA) is 25.3 Å². The second kappa shape index (κ2) is 21.7. The van der Waals surface area contributed by atoms with E-state index in [0.717, 1.165) is 41.8 Å². The molecule has 0 unspecified atom stereocenters. The summed E-state index contributed by atoms with van der Waals surface area (Å²) in [6.45, 7) is 6.78. The summed E-state index contributed by atoms with van der Waals surface area (Å²) >= 11 is 0. The van der Waals surface area contributed by atoms with Crippen LogP contribution >= 0.6 is 0 Å². The van der Waals surface area contributed by atoms with Crippen molar-refractivity contribution in [3.8, 4) is 0 Å². The van der Waals surface area contributed by atoms with E-state index in [1.54, 1.807) is 0 Å². The van der Waals surface area contributed by atoms with E-state index in [1.807, 2.05) is 0 Å². The first-order valence-electron chi connectivity index (χ1n) is 15.3. The van der Waals surface area contributed by atoms with E-state index in [2.05, 4.69) is 75.4 Å². The molecule has 0 bridgehead atoms. The molecule has 0 amide bonds. The van der Waals surface area contributed by atoms with Gasteiger partial charge in [0.2, 0.25) is 11.4 Å². The van der Waals surface area contributed by atoms with Crippen LogP contribution in [0.25, 0.3) is 16.9 Å². The Hall–Kier alpha value is -1.99. The Bertz CT molecular complexity index is 1050. The van der Waals surface area contributed by atoms with Gasteiger partial charge in [-0.15, -0.1) is 0 Å². The van der Waals surface area contributed by atoms with Gasteiger partial charge >= 0.3 is 16.5 Å². The summed E-state index contributed by atoms with van der Waals surface area (Å²) in [5.41, 5.74) is 19.7. The third-order valence-electron chi connectivity index (χ3n) is 7.67. The average molecular weight is 588 g/mol. The van der Waals surface area contributed by atoms with Crippen LogP contribution in [0.2, 0.25) is 0 Å². The van der Waals surface area contributed by atoms with Crippen molar-refractivity contribution < 1.29 is 21.2 Å². The summed E-state index contributed by atoms with van der Waals surface area (Å²) in [7, 11) is 0. The van der Waals surface area contributed by atoms with Crippen molar-refractivity contribution >= 4 is 11.4 Å². The standard InChI is InChI=1S/C35H50N2.2CH3.Ni/c1-4-7-10-11-12-13-16-23-33-28-34(31-24-17-21-29(26-31)19-14-8-5-2)37(36)35(33)32-25-18-22-30(27-32)20-15-9-6-3;;;/h17-18,21-22,24-28H,4-16,19-20,23H2,1-3H3;2*1H3;/q;2*-1;+2. The molecule has 1 aliphatic rings. The molecule has 0 aliphatic carbocycles. The summed E-state index contributed by atoms with van der Waals surface area (Å²) in [4.78, 5) is 0. The second-order valence-electron chi connectivity index (χ2n) is 10.9. The monoisotopic (exact) mass is 586 g/mol. The fourth-order valence-corrected chi connectivity index (χ4v) is 5.45. The zero-order chi connectivity index (χ0) is 26.3. The van der Waals surface area contributed by atoms with Gasteiger partial charge in [-0.2, -0.15) is 0 Å². The third kappa shape index (κ3) is 11.9. The van der Waals surface area contributed by atoms with Gasteiger partial charge in [-0.1, -0.05) is 109 Å². The summed E-state index contributed by atoms with van der Waals surface area (Å²) in [5, 5.41) is 0.